The first-order valence-electron chi connectivity index (χ1n) is 11.8. The van der Waals surface area contributed by atoms with Gasteiger partial charge < -0.3 is 20.6 Å². The van der Waals surface area contributed by atoms with Crippen molar-refractivity contribution in [3.8, 4) is 0 Å². The van der Waals surface area contributed by atoms with Crippen LogP contribution >= 0.6 is 0 Å². The number of hydrogen-bond donors (Lipinski definition) is 3. The van der Waals surface area contributed by atoms with Gasteiger partial charge in [0.05, 0.1) is 0 Å². The minimum absolute atomic E-state index is 0.471. The van der Waals surface area contributed by atoms with Crippen molar-refractivity contribution in [2.45, 2.75) is 58.3 Å². The molecule has 0 aromatic heterocycles. The average molecular weight is 432 g/mol. The molecule has 0 aliphatic carbocycles. The standard InChI is InChI=1S/C26H45N3O2/c1-3-4-5-6-7-8-9-10-11-12-13-14-15-16-17-18-19-20-21-27-22-24-29(2)25-23-28-26(30)31/h4-5,7-8,10-11,13-14,16-17,27-28H,3,6,9,12,15,18-25H2,1-2H3,(H,30,31)/b5-4-,8-7?,11-10?,14-13-,17-16-. The number of allylic oxidation sites excluding steroid dienone is 10. The predicted molar refractivity (Wildman–Crippen MR) is 135 cm³/mol. The number of likely N-dealkylation sites (N-methyl/N-ethyl adjacent to an activating group) is 1. The number of nitrogens with one attached hydrogen (secondary N) is 2. The molecular formula is C26H45N3O2. The Hall–Kier alpha value is -2.11. The van der Waals surface area contributed by atoms with E-state index in [-0.39, 0.29) is 0 Å². The number of nitrogens with zero attached hydrogens (tertiary/aromatic N) is 1. The van der Waals surface area contributed by atoms with E-state index in [0.717, 1.165) is 64.7 Å². The number of carboxylic acid groups (broad SMARTS) is 1. The Balaban J connectivity index is 3.41. The Morgan fingerprint density at radius 1 is 0.742 bits per heavy atom. The van der Waals surface area contributed by atoms with Crippen LogP contribution in [-0.4, -0.2) is 55.9 Å². The fourth-order valence-electron chi connectivity index (χ4n) is 2.74. The van der Waals surface area contributed by atoms with E-state index in [2.05, 4.69) is 83.2 Å². The molecule has 0 atom stereocenters. The van der Waals surface area contributed by atoms with Crippen LogP contribution < -0.4 is 10.6 Å². The predicted octanol–water partition coefficient (Wildman–Crippen LogP) is 5.70. The van der Waals surface area contributed by atoms with Gasteiger partial charge in [-0.3, -0.25) is 0 Å². The number of hydrogen-bond acceptors (Lipinski definition) is 3. The third kappa shape index (κ3) is 25.9. The van der Waals surface area contributed by atoms with Gasteiger partial charge >= 0.3 is 6.09 Å². The summed E-state index contributed by atoms with van der Waals surface area (Å²) in [5.74, 6) is 0. The van der Waals surface area contributed by atoms with Crippen molar-refractivity contribution in [2.24, 2.45) is 0 Å². The number of amides is 1. The van der Waals surface area contributed by atoms with Crippen LogP contribution in [0, 0.1) is 0 Å². The zero-order chi connectivity index (χ0) is 22.8. The molecule has 0 aliphatic heterocycles. The average Bonchev–Trinajstić information content (AvgIpc) is 2.74. The van der Waals surface area contributed by atoms with E-state index in [1.165, 1.54) is 12.8 Å². The highest BCUT2D eigenvalue weighted by atomic mass is 16.4. The first-order chi connectivity index (χ1) is 15.2. The molecular weight excluding hydrogens is 386 g/mol. The molecule has 176 valence electrons. The first kappa shape index (κ1) is 28.9. The summed E-state index contributed by atoms with van der Waals surface area (Å²) in [4.78, 5) is 12.5. The van der Waals surface area contributed by atoms with Gasteiger partial charge in [-0.15, -0.1) is 0 Å². The molecule has 0 fully saturated rings. The zero-order valence-corrected chi connectivity index (χ0v) is 19.8. The molecule has 0 aromatic carbocycles. The largest absolute Gasteiger partial charge is 0.465 e. The molecule has 3 N–H and O–H groups in total. The third-order valence-electron chi connectivity index (χ3n) is 4.57. The number of unbranched alkanes of at least 4 members (excludes halogenated alkanes) is 2. The summed E-state index contributed by atoms with van der Waals surface area (Å²) >= 11 is 0. The summed E-state index contributed by atoms with van der Waals surface area (Å²) in [5.41, 5.74) is 0. The van der Waals surface area contributed by atoms with Crippen LogP contribution in [0.4, 0.5) is 4.79 Å². The summed E-state index contributed by atoms with van der Waals surface area (Å²) in [6.07, 6.45) is 30.0. The summed E-state index contributed by atoms with van der Waals surface area (Å²) in [6.45, 7) is 6.26. The van der Waals surface area contributed by atoms with Crippen LogP contribution in [0.15, 0.2) is 60.8 Å². The van der Waals surface area contributed by atoms with E-state index in [4.69, 9.17) is 5.11 Å². The van der Waals surface area contributed by atoms with Gasteiger partial charge in [-0.1, -0.05) is 67.7 Å². The molecule has 31 heavy (non-hydrogen) atoms. The van der Waals surface area contributed by atoms with Crippen molar-refractivity contribution in [1.82, 2.24) is 15.5 Å². The lowest BCUT2D eigenvalue weighted by molar-refractivity contribution is 0.192. The second kappa shape index (κ2) is 24.2. The van der Waals surface area contributed by atoms with E-state index < -0.39 is 6.09 Å². The van der Waals surface area contributed by atoms with E-state index in [0.29, 0.717) is 6.54 Å². The van der Waals surface area contributed by atoms with Gasteiger partial charge in [-0.2, -0.15) is 0 Å². The molecule has 0 aliphatic rings. The summed E-state index contributed by atoms with van der Waals surface area (Å²) in [7, 11) is 2.01. The molecule has 5 nitrogen and oxygen atoms in total. The van der Waals surface area contributed by atoms with Gasteiger partial charge in [0.15, 0.2) is 0 Å². The lowest BCUT2D eigenvalue weighted by Crippen LogP contribution is -2.35. The highest BCUT2D eigenvalue weighted by Gasteiger charge is 1.99. The van der Waals surface area contributed by atoms with Crippen LogP contribution in [0.2, 0.25) is 0 Å². The third-order valence-corrected chi connectivity index (χ3v) is 4.57. The molecule has 0 saturated heterocycles. The number of rotatable bonds is 20. The second-order valence-electron chi connectivity index (χ2n) is 7.49. The fourth-order valence-corrected chi connectivity index (χ4v) is 2.74. The van der Waals surface area contributed by atoms with Gasteiger partial charge in [0.25, 0.3) is 0 Å². The maximum atomic E-state index is 10.4. The Bertz CT molecular complexity index is 551. The summed E-state index contributed by atoms with van der Waals surface area (Å²) in [6, 6.07) is 0. The van der Waals surface area contributed by atoms with Crippen molar-refractivity contribution in [3.63, 3.8) is 0 Å². The van der Waals surface area contributed by atoms with Crippen molar-refractivity contribution in [2.75, 3.05) is 39.8 Å². The van der Waals surface area contributed by atoms with Crippen molar-refractivity contribution < 1.29 is 9.90 Å². The normalized spacial score (nSPS) is 12.6. The van der Waals surface area contributed by atoms with Crippen molar-refractivity contribution in [3.05, 3.63) is 60.8 Å². The molecule has 5 heteroatoms. The molecule has 0 heterocycles. The topological polar surface area (TPSA) is 64.6 Å². The van der Waals surface area contributed by atoms with Crippen molar-refractivity contribution >= 4 is 6.09 Å². The fraction of sp³-hybridized carbons (Fsp3) is 0.577. The highest BCUT2D eigenvalue weighted by molar-refractivity contribution is 5.64. The monoisotopic (exact) mass is 431 g/mol. The summed E-state index contributed by atoms with van der Waals surface area (Å²) in [5, 5.41) is 14.3. The Kier molecular flexibility index (Phi) is 22.5. The lowest BCUT2D eigenvalue weighted by atomic mass is 10.2. The molecule has 1 amide bonds. The number of carbonyl (C=O) groups is 1. The Morgan fingerprint density at radius 3 is 1.81 bits per heavy atom. The molecule has 0 radical (unpaired) electrons. The minimum Gasteiger partial charge on any atom is -0.465 e. The van der Waals surface area contributed by atoms with Crippen LogP contribution in [-0.2, 0) is 0 Å². The van der Waals surface area contributed by atoms with Gasteiger partial charge in [-0.05, 0) is 65.0 Å². The first-order valence-corrected chi connectivity index (χ1v) is 11.8. The van der Waals surface area contributed by atoms with Gasteiger partial charge in [0.2, 0.25) is 0 Å². The maximum Gasteiger partial charge on any atom is 0.404 e. The van der Waals surface area contributed by atoms with Gasteiger partial charge in [0.1, 0.15) is 0 Å². The maximum absolute atomic E-state index is 10.4. The van der Waals surface area contributed by atoms with Crippen molar-refractivity contribution in [1.29, 1.82) is 0 Å². The molecule has 0 aromatic rings. The van der Waals surface area contributed by atoms with Crippen LogP contribution in [0.1, 0.15) is 58.3 Å². The molecule has 0 rings (SSSR count). The van der Waals surface area contributed by atoms with Crippen LogP contribution in [0.5, 0.6) is 0 Å². The minimum atomic E-state index is -0.959. The molecule has 0 bridgehead atoms. The molecule has 0 spiro atoms. The SMILES string of the molecule is CC/C=C\CC=CCC=CC/C=C\C/C=C\CCCCNCCN(C)CCNC(=O)O. The molecule has 0 saturated carbocycles. The van der Waals surface area contributed by atoms with Gasteiger partial charge in [-0.25, -0.2) is 4.79 Å². The van der Waals surface area contributed by atoms with E-state index in [1.807, 2.05) is 7.05 Å². The van der Waals surface area contributed by atoms with Crippen LogP contribution in [0.25, 0.3) is 0 Å². The zero-order valence-electron chi connectivity index (χ0n) is 19.8. The highest BCUT2D eigenvalue weighted by Crippen LogP contribution is 1.99. The van der Waals surface area contributed by atoms with Crippen LogP contribution in [0.3, 0.4) is 0 Å². The summed E-state index contributed by atoms with van der Waals surface area (Å²) < 4.78 is 0. The van der Waals surface area contributed by atoms with E-state index >= 15 is 0 Å². The van der Waals surface area contributed by atoms with Gasteiger partial charge in [0, 0.05) is 26.2 Å². The molecule has 0 unspecified atom stereocenters. The smallest absolute Gasteiger partial charge is 0.404 e. The van der Waals surface area contributed by atoms with E-state index in [9.17, 15) is 4.79 Å². The lowest BCUT2D eigenvalue weighted by Gasteiger charge is -2.16. The quantitative estimate of drug-likeness (QED) is 0.171. The second-order valence-corrected chi connectivity index (χ2v) is 7.49. The van der Waals surface area contributed by atoms with E-state index in [1.54, 1.807) is 0 Å². The Morgan fingerprint density at radius 2 is 1.26 bits per heavy atom. The Labute approximate surface area is 190 Å².